The second-order valence-electron chi connectivity index (χ2n) is 7.19. The Hall–Kier alpha value is -2.63. The topological polar surface area (TPSA) is 84.5 Å². The lowest BCUT2D eigenvalue weighted by molar-refractivity contribution is -0.133. The maximum atomic E-state index is 12.7. The van der Waals surface area contributed by atoms with Crippen molar-refractivity contribution in [3.05, 3.63) is 41.5 Å². The molecule has 1 aromatic rings. The number of unbranched alkanes of at least 4 members (excludes halogenated alkanes) is 1. The van der Waals surface area contributed by atoms with Gasteiger partial charge in [0.05, 0.1) is 12.7 Å². The lowest BCUT2D eigenvalue weighted by Gasteiger charge is -2.36. The quantitative estimate of drug-likeness (QED) is 0.408. The van der Waals surface area contributed by atoms with E-state index in [-0.39, 0.29) is 11.8 Å². The molecule has 0 radical (unpaired) electrons. The van der Waals surface area contributed by atoms with Gasteiger partial charge in [0.15, 0.2) is 0 Å². The molecule has 152 valence electrons. The van der Waals surface area contributed by atoms with Crippen LogP contribution in [0.3, 0.4) is 0 Å². The molecule has 1 aromatic carbocycles. The third-order valence-electron chi connectivity index (χ3n) is 5.08. The lowest BCUT2D eigenvalue weighted by atomic mass is 9.80. The third kappa shape index (κ3) is 5.94. The highest BCUT2D eigenvalue weighted by Gasteiger charge is 2.40. The fourth-order valence-electron chi connectivity index (χ4n) is 3.41. The van der Waals surface area contributed by atoms with Gasteiger partial charge in [-0.05, 0) is 43.0 Å². The van der Waals surface area contributed by atoms with Gasteiger partial charge in [-0.15, -0.1) is 0 Å². The number of carbonyl (C=O) groups is 3. The summed E-state index contributed by atoms with van der Waals surface area (Å²) in [6.07, 6.45) is 9.32. The molecule has 0 saturated heterocycles. The molecular formula is C22H30N2O4. The molecule has 1 saturated carbocycles. The average Bonchev–Trinajstić information content (AvgIpc) is 2.72. The van der Waals surface area contributed by atoms with Crippen molar-refractivity contribution in [1.82, 2.24) is 10.6 Å². The maximum Gasteiger partial charge on any atom is 0.337 e. The summed E-state index contributed by atoms with van der Waals surface area (Å²) < 4.78 is 4.67. The number of benzene rings is 1. The molecule has 1 aliphatic rings. The number of esters is 1. The van der Waals surface area contributed by atoms with E-state index in [9.17, 15) is 14.4 Å². The second-order valence-corrected chi connectivity index (χ2v) is 7.19. The van der Waals surface area contributed by atoms with Gasteiger partial charge >= 0.3 is 5.97 Å². The molecule has 1 aliphatic carbocycles. The first-order chi connectivity index (χ1) is 13.5. The largest absolute Gasteiger partial charge is 0.465 e. The van der Waals surface area contributed by atoms with Crippen molar-refractivity contribution in [1.29, 1.82) is 0 Å². The smallest absolute Gasteiger partial charge is 0.337 e. The Morgan fingerprint density at radius 2 is 1.79 bits per heavy atom. The Morgan fingerprint density at radius 3 is 2.39 bits per heavy atom. The SMILES string of the molecule is CCCCNC(=O)C1(NC(=O)C=Cc2ccc(C(=O)OC)cc2)CCCCC1. The Kier molecular flexibility index (Phi) is 8.23. The number of hydrogen-bond acceptors (Lipinski definition) is 4. The number of hydrogen-bond donors (Lipinski definition) is 2. The van der Waals surface area contributed by atoms with E-state index in [1.807, 2.05) is 0 Å². The van der Waals surface area contributed by atoms with Crippen molar-refractivity contribution in [3.63, 3.8) is 0 Å². The summed E-state index contributed by atoms with van der Waals surface area (Å²) in [5.74, 6) is -0.768. The van der Waals surface area contributed by atoms with Gasteiger partial charge in [-0.3, -0.25) is 9.59 Å². The van der Waals surface area contributed by atoms with Gasteiger partial charge in [0, 0.05) is 12.6 Å². The molecule has 28 heavy (non-hydrogen) atoms. The number of methoxy groups -OCH3 is 1. The normalized spacial score (nSPS) is 15.8. The Balaban J connectivity index is 2.01. The van der Waals surface area contributed by atoms with Gasteiger partial charge in [-0.1, -0.05) is 44.7 Å². The zero-order valence-corrected chi connectivity index (χ0v) is 16.8. The molecule has 0 atom stereocenters. The van der Waals surface area contributed by atoms with Crippen molar-refractivity contribution in [2.75, 3.05) is 13.7 Å². The van der Waals surface area contributed by atoms with E-state index in [2.05, 4.69) is 22.3 Å². The fourth-order valence-corrected chi connectivity index (χ4v) is 3.41. The first-order valence-electron chi connectivity index (χ1n) is 9.97. The fraction of sp³-hybridized carbons (Fsp3) is 0.500. The van der Waals surface area contributed by atoms with E-state index < -0.39 is 11.5 Å². The molecule has 0 aromatic heterocycles. The third-order valence-corrected chi connectivity index (χ3v) is 5.08. The van der Waals surface area contributed by atoms with Crippen LogP contribution >= 0.6 is 0 Å². The van der Waals surface area contributed by atoms with Crippen LogP contribution in [0.4, 0.5) is 0 Å². The molecule has 6 nitrogen and oxygen atoms in total. The standard InChI is InChI=1S/C22H30N2O4/c1-3-4-16-23-21(27)22(14-6-5-7-15-22)24-19(25)13-10-17-8-11-18(12-9-17)20(26)28-2/h8-13H,3-7,14-16H2,1-2H3,(H,23,27)(H,24,25). The van der Waals surface area contributed by atoms with E-state index in [0.717, 1.165) is 37.7 Å². The molecule has 0 unspecified atom stereocenters. The maximum absolute atomic E-state index is 12.7. The molecule has 0 heterocycles. The monoisotopic (exact) mass is 386 g/mol. The first kappa shape index (κ1) is 21.7. The number of carbonyl (C=O) groups excluding carboxylic acids is 3. The molecule has 0 aliphatic heterocycles. The summed E-state index contributed by atoms with van der Waals surface area (Å²) in [7, 11) is 1.33. The predicted molar refractivity (Wildman–Crippen MR) is 109 cm³/mol. The average molecular weight is 386 g/mol. The van der Waals surface area contributed by atoms with Gasteiger partial charge < -0.3 is 15.4 Å². The summed E-state index contributed by atoms with van der Waals surface area (Å²) in [5, 5.41) is 5.93. The van der Waals surface area contributed by atoms with Crippen LogP contribution in [0.5, 0.6) is 0 Å². The van der Waals surface area contributed by atoms with E-state index in [1.165, 1.54) is 13.2 Å². The van der Waals surface area contributed by atoms with Crippen LogP contribution in [-0.2, 0) is 14.3 Å². The predicted octanol–water partition coefficient (Wildman–Crippen LogP) is 3.22. The Bertz CT molecular complexity index is 704. The van der Waals surface area contributed by atoms with Crippen LogP contribution < -0.4 is 10.6 Å². The number of ether oxygens (including phenoxy) is 1. The van der Waals surface area contributed by atoms with Gasteiger partial charge in [0.1, 0.15) is 5.54 Å². The second kappa shape index (κ2) is 10.6. The van der Waals surface area contributed by atoms with Gasteiger partial charge in [0.2, 0.25) is 11.8 Å². The summed E-state index contributed by atoms with van der Waals surface area (Å²) in [6.45, 7) is 2.71. The Morgan fingerprint density at radius 1 is 1.11 bits per heavy atom. The molecule has 6 heteroatoms. The highest BCUT2D eigenvalue weighted by Crippen LogP contribution is 2.28. The zero-order valence-electron chi connectivity index (χ0n) is 16.8. The molecule has 1 fully saturated rings. The van der Waals surface area contributed by atoms with E-state index in [0.29, 0.717) is 24.9 Å². The van der Waals surface area contributed by atoms with Crippen LogP contribution in [0.2, 0.25) is 0 Å². The van der Waals surface area contributed by atoms with Crippen LogP contribution in [0, 0.1) is 0 Å². The highest BCUT2D eigenvalue weighted by molar-refractivity contribution is 5.97. The van der Waals surface area contributed by atoms with Gasteiger partial charge in [-0.2, -0.15) is 0 Å². The zero-order chi connectivity index (χ0) is 20.4. The summed E-state index contributed by atoms with van der Waals surface area (Å²) in [4.78, 5) is 36.7. The summed E-state index contributed by atoms with van der Waals surface area (Å²) in [6, 6.07) is 6.77. The molecule has 2 N–H and O–H groups in total. The number of nitrogens with one attached hydrogen (secondary N) is 2. The van der Waals surface area contributed by atoms with Crippen molar-refractivity contribution < 1.29 is 19.1 Å². The van der Waals surface area contributed by atoms with Crippen molar-refractivity contribution in [2.24, 2.45) is 0 Å². The molecular weight excluding hydrogens is 356 g/mol. The Labute approximate surface area is 166 Å². The summed E-state index contributed by atoms with van der Waals surface area (Å²) in [5.41, 5.74) is 0.421. The minimum absolute atomic E-state index is 0.0789. The van der Waals surface area contributed by atoms with E-state index in [4.69, 9.17) is 0 Å². The minimum Gasteiger partial charge on any atom is -0.465 e. The highest BCUT2D eigenvalue weighted by atomic mass is 16.5. The molecule has 2 amide bonds. The van der Waals surface area contributed by atoms with Crippen LogP contribution in [0.1, 0.15) is 67.8 Å². The van der Waals surface area contributed by atoms with Crippen molar-refractivity contribution in [2.45, 2.75) is 57.4 Å². The summed E-state index contributed by atoms with van der Waals surface area (Å²) >= 11 is 0. The molecule has 0 bridgehead atoms. The van der Waals surface area contributed by atoms with Crippen LogP contribution in [0.25, 0.3) is 6.08 Å². The van der Waals surface area contributed by atoms with Crippen molar-refractivity contribution in [3.8, 4) is 0 Å². The lowest BCUT2D eigenvalue weighted by Crippen LogP contribution is -2.59. The molecule has 0 spiro atoms. The van der Waals surface area contributed by atoms with E-state index in [1.54, 1.807) is 30.3 Å². The first-order valence-corrected chi connectivity index (χ1v) is 9.97. The number of rotatable bonds is 8. The van der Waals surface area contributed by atoms with Gasteiger partial charge in [-0.25, -0.2) is 4.79 Å². The van der Waals surface area contributed by atoms with Crippen molar-refractivity contribution >= 4 is 23.9 Å². The number of amides is 2. The van der Waals surface area contributed by atoms with E-state index >= 15 is 0 Å². The molecule has 2 rings (SSSR count). The van der Waals surface area contributed by atoms with Gasteiger partial charge in [0.25, 0.3) is 0 Å². The van der Waals surface area contributed by atoms with Crippen LogP contribution in [0.15, 0.2) is 30.3 Å². The van der Waals surface area contributed by atoms with Crippen LogP contribution in [-0.4, -0.2) is 37.0 Å². The minimum atomic E-state index is -0.817.